The third kappa shape index (κ3) is 6.59. The van der Waals surface area contributed by atoms with E-state index < -0.39 is 17.6 Å². The molecule has 0 bridgehead atoms. The molecule has 3 N–H and O–H groups in total. The fourth-order valence-corrected chi connectivity index (χ4v) is 3.10. The molecule has 2 aromatic rings. The Morgan fingerprint density at radius 3 is 2.00 bits per heavy atom. The Labute approximate surface area is 174 Å². The minimum Gasteiger partial charge on any atom is -0.322 e. The topological polar surface area (TPSA) is 62.6 Å². The van der Waals surface area contributed by atoms with Gasteiger partial charge in [-0.25, -0.2) is 0 Å². The maximum absolute atomic E-state index is 13.0. The van der Waals surface area contributed by atoms with Crippen molar-refractivity contribution in [2.75, 3.05) is 30.8 Å². The molecule has 0 aliphatic carbocycles. The molecule has 30 heavy (non-hydrogen) atoms. The van der Waals surface area contributed by atoms with Crippen LogP contribution in [0.4, 0.5) is 24.5 Å². The highest BCUT2D eigenvalue weighted by Gasteiger charge is 2.33. The second-order valence-corrected chi connectivity index (χ2v) is 7.35. The summed E-state index contributed by atoms with van der Waals surface area (Å²) in [6.45, 7) is 4.00. The third-order valence-electron chi connectivity index (χ3n) is 4.81. The summed E-state index contributed by atoms with van der Waals surface area (Å²) in [5.74, 6) is -0.588. The summed E-state index contributed by atoms with van der Waals surface area (Å²) in [5.41, 5.74) is 0.561. The molecule has 2 aromatic carbocycles. The molecule has 2 amide bonds. The van der Waals surface area contributed by atoms with Crippen LogP contribution in [0.25, 0.3) is 0 Å². The van der Waals surface area contributed by atoms with Crippen LogP contribution in [0.2, 0.25) is 0 Å². The van der Waals surface area contributed by atoms with Gasteiger partial charge in [-0.2, -0.15) is 13.2 Å². The first-order chi connectivity index (χ1) is 14.1. The van der Waals surface area contributed by atoms with Crippen molar-refractivity contribution in [2.45, 2.75) is 32.4 Å². The molecular weight excluding hydrogens is 395 g/mol. The molecule has 0 aliphatic rings. The van der Waals surface area contributed by atoms with Crippen molar-refractivity contribution in [1.29, 1.82) is 0 Å². The molecule has 0 spiro atoms. The fourth-order valence-electron chi connectivity index (χ4n) is 3.10. The molecule has 0 aliphatic heterocycles. The van der Waals surface area contributed by atoms with E-state index in [4.69, 9.17) is 0 Å². The summed E-state index contributed by atoms with van der Waals surface area (Å²) in [5, 5.41) is 5.16. The number of benzene rings is 2. The van der Waals surface area contributed by atoms with E-state index >= 15 is 0 Å². The molecule has 5 nitrogen and oxygen atoms in total. The molecule has 162 valence electrons. The number of amides is 2. The zero-order valence-corrected chi connectivity index (χ0v) is 17.3. The lowest BCUT2D eigenvalue weighted by Gasteiger charge is -2.18. The summed E-state index contributed by atoms with van der Waals surface area (Å²) >= 11 is 0. The number of para-hydroxylation sites is 2. The summed E-state index contributed by atoms with van der Waals surface area (Å²) in [6.07, 6.45) is -3.64. The van der Waals surface area contributed by atoms with E-state index in [0.29, 0.717) is 4.90 Å². The van der Waals surface area contributed by atoms with Gasteiger partial charge in [0.05, 0.1) is 18.3 Å². The number of hydrogen-bond donors (Lipinski definition) is 3. The Morgan fingerprint density at radius 1 is 0.933 bits per heavy atom. The smallest absolute Gasteiger partial charge is 0.322 e. The zero-order valence-electron chi connectivity index (χ0n) is 17.3. The predicted molar refractivity (Wildman–Crippen MR) is 110 cm³/mol. The number of alkyl halides is 3. The number of rotatable bonds is 8. The summed E-state index contributed by atoms with van der Waals surface area (Å²) in [7, 11) is 1.63. The number of carbonyl (C=O) groups is 2. The van der Waals surface area contributed by atoms with Gasteiger partial charge in [-0.15, -0.1) is 0 Å². The highest BCUT2D eigenvalue weighted by atomic mass is 19.4. The third-order valence-corrected chi connectivity index (χ3v) is 4.81. The van der Waals surface area contributed by atoms with Crippen LogP contribution in [-0.2, 0) is 15.8 Å². The summed E-state index contributed by atoms with van der Waals surface area (Å²) in [4.78, 5) is 25.1. The van der Waals surface area contributed by atoms with Crippen LogP contribution in [0.5, 0.6) is 0 Å². The van der Waals surface area contributed by atoms with Gasteiger partial charge >= 0.3 is 6.18 Å². The molecule has 0 radical (unpaired) electrons. The van der Waals surface area contributed by atoms with Crippen LogP contribution in [-0.4, -0.2) is 32.0 Å². The van der Waals surface area contributed by atoms with E-state index in [1.807, 2.05) is 24.3 Å². The Hall–Kier alpha value is -2.87. The zero-order chi connectivity index (χ0) is 22.3. The average Bonchev–Trinajstić information content (AvgIpc) is 2.67. The number of carbonyl (C=O) groups excluding carboxylic acids is 2. The van der Waals surface area contributed by atoms with Crippen molar-refractivity contribution in [3.8, 4) is 0 Å². The van der Waals surface area contributed by atoms with Gasteiger partial charge in [-0.1, -0.05) is 44.2 Å². The summed E-state index contributed by atoms with van der Waals surface area (Å²) < 4.78 is 39.1. The number of likely N-dealkylation sites (N-methyl/N-ethyl adjacent to an activating group) is 1. The van der Waals surface area contributed by atoms with Crippen molar-refractivity contribution < 1.29 is 27.7 Å². The van der Waals surface area contributed by atoms with E-state index in [1.54, 1.807) is 7.05 Å². The Kier molecular flexibility index (Phi) is 8.00. The van der Waals surface area contributed by atoms with Gasteiger partial charge in [0.2, 0.25) is 0 Å². The predicted octanol–water partition coefficient (Wildman–Crippen LogP) is 3.31. The fraction of sp³-hybridized carbons (Fsp3) is 0.364. The largest absolute Gasteiger partial charge is 0.418 e. The lowest BCUT2D eigenvalue weighted by atomic mass is 9.97. The van der Waals surface area contributed by atoms with Crippen LogP contribution < -0.4 is 15.5 Å². The van der Waals surface area contributed by atoms with Crippen LogP contribution >= 0.6 is 0 Å². The van der Waals surface area contributed by atoms with Crippen molar-refractivity contribution >= 4 is 23.2 Å². The minimum absolute atomic E-state index is 0.00315. The quantitative estimate of drug-likeness (QED) is 0.611. The van der Waals surface area contributed by atoms with Gasteiger partial charge in [0.15, 0.2) is 13.1 Å². The molecule has 8 heteroatoms. The van der Waals surface area contributed by atoms with Gasteiger partial charge in [0, 0.05) is 5.69 Å². The molecule has 0 heterocycles. The van der Waals surface area contributed by atoms with Crippen molar-refractivity contribution in [1.82, 2.24) is 0 Å². The molecule has 2 atom stereocenters. The monoisotopic (exact) mass is 422 g/mol. The normalized spacial score (nSPS) is 13.4. The van der Waals surface area contributed by atoms with Gasteiger partial charge in [0.1, 0.15) is 0 Å². The van der Waals surface area contributed by atoms with Crippen molar-refractivity contribution in [3.05, 3.63) is 59.7 Å². The average molecular weight is 422 g/mol. The maximum atomic E-state index is 13.0. The lowest BCUT2D eigenvalue weighted by molar-refractivity contribution is -0.862. The first-order valence-electron chi connectivity index (χ1n) is 9.78. The van der Waals surface area contributed by atoms with E-state index in [9.17, 15) is 22.8 Å². The van der Waals surface area contributed by atoms with Gasteiger partial charge < -0.3 is 15.5 Å². The maximum Gasteiger partial charge on any atom is 0.418 e. The second-order valence-electron chi connectivity index (χ2n) is 7.35. The number of hydrogen-bond acceptors (Lipinski definition) is 2. The van der Waals surface area contributed by atoms with Crippen LogP contribution in [0.15, 0.2) is 48.5 Å². The van der Waals surface area contributed by atoms with Crippen LogP contribution in [0, 0.1) is 0 Å². The van der Waals surface area contributed by atoms with Crippen molar-refractivity contribution in [2.24, 2.45) is 0 Å². The van der Waals surface area contributed by atoms with Crippen molar-refractivity contribution in [3.63, 3.8) is 0 Å². The Morgan fingerprint density at radius 2 is 1.43 bits per heavy atom. The standard InChI is InChI=1S/C22H26F3N3O2/c1-4-15(2)16-9-5-7-11-18(16)26-20(29)13-28(3)14-21(30)27-19-12-8-6-10-17(19)22(23,24)25/h5-12,15H,4,13-14H2,1-3H3,(H,26,29)(H,27,30)/p+1/t15-/m1/s1. The molecule has 0 aromatic heterocycles. The van der Waals surface area contributed by atoms with Gasteiger partial charge in [-0.3, -0.25) is 9.59 Å². The van der Waals surface area contributed by atoms with E-state index in [-0.39, 0.29) is 30.6 Å². The van der Waals surface area contributed by atoms with E-state index in [0.717, 1.165) is 23.7 Å². The molecule has 0 fully saturated rings. The molecule has 1 unspecified atom stereocenters. The van der Waals surface area contributed by atoms with Gasteiger partial charge in [0.25, 0.3) is 11.8 Å². The van der Waals surface area contributed by atoms with Crippen LogP contribution in [0.1, 0.15) is 37.3 Å². The number of halogens is 3. The first-order valence-corrected chi connectivity index (χ1v) is 9.78. The Bertz CT molecular complexity index is 884. The Balaban J connectivity index is 1.94. The minimum atomic E-state index is -4.56. The highest BCUT2D eigenvalue weighted by molar-refractivity contribution is 5.94. The number of anilines is 2. The first kappa shape index (κ1) is 23.4. The molecular formula is C22H27F3N3O2+. The van der Waals surface area contributed by atoms with E-state index in [2.05, 4.69) is 24.5 Å². The number of quaternary nitrogens is 1. The number of nitrogens with one attached hydrogen (secondary N) is 3. The molecule has 0 saturated heterocycles. The SMILES string of the molecule is CC[C@@H](C)c1ccccc1NC(=O)C[NH+](C)CC(=O)Nc1ccccc1C(F)(F)F. The molecule has 2 rings (SSSR count). The summed E-state index contributed by atoms with van der Waals surface area (Å²) in [6, 6.07) is 12.3. The lowest BCUT2D eigenvalue weighted by Crippen LogP contribution is -3.11. The van der Waals surface area contributed by atoms with Gasteiger partial charge in [-0.05, 0) is 36.1 Å². The van der Waals surface area contributed by atoms with Crippen LogP contribution in [0.3, 0.4) is 0 Å². The highest BCUT2D eigenvalue weighted by Crippen LogP contribution is 2.34. The second kappa shape index (κ2) is 10.2. The molecule has 0 saturated carbocycles. The van der Waals surface area contributed by atoms with E-state index in [1.165, 1.54) is 18.2 Å².